The number of rotatable bonds is 0. The van der Waals surface area contributed by atoms with Crippen molar-refractivity contribution in [1.82, 2.24) is 9.88 Å². The fourth-order valence-electron chi connectivity index (χ4n) is 2.97. The van der Waals surface area contributed by atoms with E-state index in [0.29, 0.717) is 11.7 Å². The maximum absolute atomic E-state index is 12.2. The van der Waals surface area contributed by atoms with E-state index in [1.54, 1.807) is 0 Å². The molecule has 0 radical (unpaired) electrons. The van der Waals surface area contributed by atoms with Crippen molar-refractivity contribution in [2.45, 2.75) is 12.8 Å². The van der Waals surface area contributed by atoms with Crippen LogP contribution >= 0.6 is 0 Å². The second-order valence-electron chi connectivity index (χ2n) is 4.86. The smallest absolute Gasteiger partial charge is 0.169 e. The van der Waals surface area contributed by atoms with Crippen molar-refractivity contribution in [3.63, 3.8) is 0 Å². The summed E-state index contributed by atoms with van der Waals surface area (Å²) in [7, 11) is 2.11. The van der Waals surface area contributed by atoms with E-state index in [1.807, 2.05) is 12.3 Å². The molecule has 3 heteroatoms. The zero-order valence-electron chi connectivity index (χ0n) is 8.99. The Kier molecular flexibility index (Phi) is 1.96. The van der Waals surface area contributed by atoms with Crippen molar-refractivity contribution in [3.05, 3.63) is 23.5 Å². The number of nitrogens with zero attached hydrogens (tertiary/aromatic N) is 1. The predicted molar refractivity (Wildman–Crippen MR) is 57.9 cm³/mol. The van der Waals surface area contributed by atoms with Crippen LogP contribution in [0.4, 0.5) is 0 Å². The first kappa shape index (κ1) is 9.16. The Balaban J connectivity index is 1.96. The quantitative estimate of drug-likeness (QED) is 0.692. The molecule has 0 saturated carbocycles. The highest BCUT2D eigenvalue weighted by molar-refractivity contribution is 6.00. The molecule has 2 heterocycles. The standard InChI is InChI=1S/C12H16N2O/c1-14-5-3-8-6-11-9(2-4-13-11)12(15)10(8)7-14/h2,4,8,10,13H,3,5-7H2,1H3/t8-,10+/m0/s1. The van der Waals surface area contributed by atoms with Gasteiger partial charge in [0.05, 0.1) is 0 Å². The highest BCUT2D eigenvalue weighted by atomic mass is 16.1. The molecule has 2 atom stereocenters. The van der Waals surface area contributed by atoms with Crippen LogP contribution in [0.2, 0.25) is 0 Å². The molecule has 1 saturated heterocycles. The van der Waals surface area contributed by atoms with Gasteiger partial charge in [0, 0.05) is 29.9 Å². The number of Topliss-reactive ketones (excluding diaryl/α,β-unsaturated/α-hetero) is 1. The van der Waals surface area contributed by atoms with E-state index < -0.39 is 0 Å². The molecule has 1 aliphatic carbocycles. The third-order valence-corrected chi connectivity index (χ3v) is 3.86. The first-order valence-corrected chi connectivity index (χ1v) is 5.64. The van der Waals surface area contributed by atoms with E-state index in [2.05, 4.69) is 16.9 Å². The first-order chi connectivity index (χ1) is 7.25. The number of aromatic amines is 1. The Bertz CT molecular complexity index is 396. The van der Waals surface area contributed by atoms with Gasteiger partial charge >= 0.3 is 0 Å². The van der Waals surface area contributed by atoms with Crippen molar-refractivity contribution in [2.75, 3.05) is 20.1 Å². The molecule has 15 heavy (non-hydrogen) atoms. The molecule has 0 spiro atoms. The number of piperidine rings is 1. The Morgan fingerprint density at radius 1 is 1.53 bits per heavy atom. The number of hydrogen-bond donors (Lipinski definition) is 1. The lowest BCUT2D eigenvalue weighted by atomic mass is 9.74. The van der Waals surface area contributed by atoms with E-state index in [0.717, 1.165) is 37.2 Å². The van der Waals surface area contributed by atoms with Crippen LogP contribution in [-0.2, 0) is 6.42 Å². The van der Waals surface area contributed by atoms with Crippen LogP contribution in [0.1, 0.15) is 22.5 Å². The molecule has 2 aliphatic rings. The summed E-state index contributed by atoms with van der Waals surface area (Å²) < 4.78 is 0. The topological polar surface area (TPSA) is 36.1 Å². The van der Waals surface area contributed by atoms with E-state index in [-0.39, 0.29) is 5.92 Å². The summed E-state index contributed by atoms with van der Waals surface area (Å²) in [6.45, 7) is 2.07. The highest BCUT2D eigenvalue weighted by Crippen LogP contribution is 2.34. The van der Waals surface area contributed by atoms with E-state index in [9.17, 15) is 4.79 Å². The molecule has 1 N–H and O–H groups in total. The summed E-state index contributed by atoms with van der Waals surface area (Å²) in [5.41, 5.74) is 2.09. The molecule has 0 bridgehead atoms. The van der Waals surface area contributed by atoms with Gasteiger partial charge in [0.1, 0.15) is 0 Å². The zero-order valence-corrected chi connectivity index (χ0v) is 8.99. The Hall–Kier alpha value is -1.09. The van der Waals surface area contributed by atoms with Crippen molar-refractivity contribution in [3.8, 4) is 0 Å². The maximum Gasteiger partial charge on any atom is 0.169 e. The fourth-order valence-corrected chi connectivity index (χ4v) is 2.97. The van der Waals surface area contributed by atoms with Gasteiger partial charge in [0.15, 0.2) is 5.78 Å². The maximum atomic E-state index is 12.2. The van der Waals surface area contributed by atoms with Gasteiger partial charge in [-0.05, 0) is 38.4 Å². The number of carbonyl (C=O) groups excluding carboxylic acids is 1. The molecule has 0 aromatic carbocycles. The Labute approximate surface area is 89.5 Å². The van der Waals surface area contributed by atoms with Crippen LogP contribution in [0.15, 0.2) is 12.3 Å². The van der Waals surface area contributed by atoms with Gasteiger partial charge < -0.3 is 9.88 Å². The third-order valence-electron chi connectivity index (χ3n) is 3.86. The van der Waals surface area contributed by atoms with Gasteiger partial charge in [0.25, 0.3) is 0 Å². The SMILES string of the molecule is CN1CC[C@H]2Cc3[nH]ccc3C(=O)[C@@H]2C1. The second kappa shape index (κ2) is 3.20. The number of hydrogen-bond acceptors (Lipinski definition) is 2. The number of nitrogens with one attached hydrogen (secondary N) is 1. The van der Waals surface area contributed by atoms with E-state index in [4.69, 9.17) is 0 Å². The average Bonchev–Trinajstić information content (AvgIpc) is 2.68. The monoisotopic (exact) mass is 204 g/mol. The van der Waals surface area contributed by atoms with Crippen molar-refractivity contribution < 1.29 is 4.79 Å². The van der Waals surface area contributed by atoms with Crippen LogP contribution in [0, 0.1) is 11.8 Å². The minimum absolute atomic E-state index is 0.243. The molecule has 0 unspecified atom stereocenters. The molecule has 1 aliphatic heterocycles. The lowest BCUT2D eigenvalue weighted by Crippen LogP contribution is -2.45. The molecule has 3 rings (SSSR count). The molecular formula is C12H16N2O. The number of carbonyl (C=O) groups is 1. The van der Waals surface area contributed by atoms with Crippen LogP contribution in [0.3, 0.4) is 0 Å². The van der Waals surface area contributed by atoms with E-state index in [1.165, 1.54) is 0 Å². The number of ketones is 1. The molecule has 1 fully saturated rings. The Morgan fingerprint density at radius 2 is 2.40 bits per heavy atom. The van der Waals surface area contributed by atoms with Gasteiger partial charge in [-0.15, -0.1) is 0 Å². The van der Waals surface area contributed by atoms with Gasteiger partial charge in [0.2, 0.25) is 0 Å². The number of H-pyrrole nitrogens is 1. The van der Waals surface area contributed by atoms with Crippen molar-refractivity contribution in [1.29, 1.82) is 0 Å². The van der Waals surface area contributed by atoms with Crippen molar-refractivity contribution >= 4 is 5.78 Å². The van der Waals surface area contributed by atoms with Crippen LogP contribution in [-0.4, -0.2) is 35.8 Å². The normalized spacial score (nSPS) is 31.1. The van der Waals surface area contributed by atoms with Gasteiger partial charge in [-0.25, -0.2) is 0 Å². The van der Waals surface area contributed by atoms with Gasteiger partial charge in [-0.1, -0.05) is 0 Å². The Morgan fingerprint density at radius 3 is 3.27 bits per heavy atom. The van der Waals surface area contributed by atoms with Crippen LogP contribution < -0.4 is 0 Å². The lowest BCUT2D eigenvalue weighted by molar-refractivity contribution is 0.0706. The second-order valence-corrected chi connectivity index (χ2v) is 4.86. The summed E-state index contributed by atoms with van der Waals surface area (Å²) in [6.07, 6.45) is 4.11. The largest absolute Gasteiger partial charge is 0.364 e. The molecule has 80 valence electrons. The molecule has 1 aromatic rings. The fraction of sp³-hybridized carbons (Fsp3) is 0.583. The average molecular weight is 204 g/mol. The number of fused-ring (bicyclic) bond motifs is 2. The molecule has 1 aromatic heterocycles. The third kappa shape index (κ3) is 1.34. The van der Waals surface area contributed by atoms with E-state index >= 15 is 0 Å². The lowest BCUT2D eigenvalue weighted by Gasteiger charge is -2.38. The van der Waals surface area contributed by atoms with Crippen molar-refractivity contribution in [2.24, 2.45) is 11.8 Å². The summed E-state index contributed by atoms with van der Waals surface area (Å²) in [6, 6.07) is 1.93. The summed E-state index contributed by atoms with van der Waals surface area (Å²) >= 11 is 0. The predicted octanol–water partition coefficient (Wildman–Crippen LogP) is 1.32. The zero-order chi connectivity index (χ0) is 10.4. The molecular weight excluding hydrogens is 188 g/mol. The van der Waals surface area contributed by atoms with Gasteiger partial charge in [-0.3, -0.25) is 4.79 Å². The minimum Gasteiger partial charge on any atom is -0.364 e. The summed E-state index contributed by atoms with van der Waals surface area (Å²) in [5.74, 6) is 1.17. The van der Waals surface area contributed by atoms with Crippen LogP contribution in [0.25, 0.3) is 0 Å². The highest BCUT2D eigenvalue weighted by Gasteiger charge is 2.38. The summed E-state index contributed by atoms with van der Waals surface area (Å²) in [4.78, 5) is 17.7. The minimum atomic E-state index is 0.243. The molecule has 0 amide bonds. The molecule has 3 nitrogen and oxygen atoms in total. The summed E-state index contributed by atoms with van der Waals surface area (Å²) in [5, 5.41) is 0. The number of likely N-dealkylation sites (tertiary alicyclic amines) is 1. The van der Waals surface area contributed by atoms with Gasteiger partial charge in [-0.2, -0.15) is 0 Å². The number of aromatic nitrogens is 1. The first-order valence-electron chi connectivity index (χ1n) is 5.64. The van der Waals surface area contributed by atoms with Crippen LogP contribution in [0.5, 0.6) is 0 Å².